The van der Waals surface area contributed by atoms with Crippen LogP contribution in [0.4, 0.5) is 0 Å². The second kappa shape index (κ2) is 10.2. The predicted molar refractivity (Wildman–Crippen MR) is 94.5 cm³/mol. The van der Waals surface area contributed by atoms with Gasteiger partial charge in [0.15, 0.2) is 0 Å². The highest BCUT2D eigenvalue weighted by atomic mass is 32.2. The summed E-state index contributed by atoms with van der Waals surface area (Å²) in [6.45, 7) is 6.96. The molecule has 0 aliphatic heterocycles. The summed E-state index contributed by atoms with van der Waals surface area (Å²) in [6.07, 6.45) is 1.02. The van der Waals surface area contributed by atoms with Crippen molar-refractivity contribution in [2.75, 3.05) is 18.1 Å². The van der Waals surface area contributed by atoms with Crippen LogP contribution in [0.1, 0.15) is 38.8 Å². The molecule has 1 aromatic carbocycles. The Hall–Kier alpha value is -1.69. The lowest BCUT2D eigenvalue weighted by Crippen LogP contribution is -2.28. The molecule has 3 N–H and O–H groups in total. The van der Waals surface area contributed by atoms with Crippen molar-refractivity contribution in [1.29, 1.82) is 0 Å². The molecule has 1 aromatic rings. The summed E-state index contributed by atoms with van der Waals surface area (Å²) in [5.41, 5.74) is 6.04. The highest BCUT2D eigenvalue weighted by molar-refractivity contribution is 8.00. The Bertz CT molecular complexity index is 503. The van der Waals surface area contributed by atoms with E-state index in [-0.39, 0.29) is 23.5 Å². The third-order valence-corrected chi connectivity index (χ3v) is 4.15. The number of thioether (sulfide) groups is 1. The first-order chi connectivity index (χ1) is 10.9. The van der Waals surface area contributed by atoms with Crippen molar-refractivity contribution >= 4 is 23.6 Å². The van der Waals surface area contributed by atoms with Crippen molar-refractivity contribution in [3.63, 3.8) is 0 Å². The number of amides is 2. The van der Waals surface area contributed by atoms with Gasteiger partial charge >= 0.3 is 0 Å². The molecule has 0 saturated carbocycles. The Morgan fingerprint density at radius 1 is 1.17 bits per heavy atom. The number of hydrogen-bond donors (Lipinski definition) is 2. The van der Waals surface area contributed by atoms with Crippen LogP contribution >= 0.6 is 11.8 Å². The number of nitrogens with two attached hydrogens (primary N) is 1. The zero-order valence-electron chi connectivity index (χ0n) is 14.0. The van der Waals surface area contributed by atoms with Gasteiger partial charge in [-0.1, -0.05) is 26.0 Å². The van der Waals surface area contributed by atoms with Crippen LogP contribution in [0.3, 0.4) is 0 Å². The summed E-state index contributed by atoms with van der Waals surface area (Å²) in [5.74, 6) is 1.32. The molecular formula is C17H26N2O3S. The molecule has 0 saturated heterocycles. The van der Waals surface area contributed by atoms with Crippen molar-refractivity contribution in [3.05, 3.63) is 29.8 Å². The van der Waals surface area contributed by atoms with E-state index in [2.05, 4.69) is 19.2 Å². The molecule has 0 radical (unpaired) electrons. The van der Waals surface area contributed by atoms with Crippen LogP contribution in [0, 0.1) is 5.92 Å². The summed E-state index contributed by atoms with van der Waals surface area (Å²) >= 11 is 1.21. The van der Waals surface area contributed by atoms with E-state index in [0.29, 0.717) is 12.5 Å². The summed E-state index contributed by atoms with van der Waals surface area (Å²) in [6, 6.07) is 7.64. The van der Waals surface area contributed by atoms with Crippen LogP contribution in [0.5, 0.6) is 5.75 Å². The van der Waals surface area contributed by atoms with E-state index in [4.69, 9.17) is 10.5 Å². The van der Waals surface area contributed by atoms with E-state index in [1.165, 1.54) is 11.8 Å². The number of nitrogens with one attached hydrogen (secondary N) is 1. The zero-order chi connectivity index (χ0) is 17.2. The minimum Gasteiger partial charge on any atom is -0.494 e. The van der Waals surface area contributed by atoms with Crippen LogP contribution in [0.15, 0.2) is 24.3 Å². The SMILES string of the molecule is CC(C)CCOc1ccc([C@@H](C)NC(=O)CSCC(N)=O)cc1. The topological polar surface area (TPSA) is 81.4 Å². The predicted octanol–water partition coefficient (Wildman–Crippen LogP) is 2.51. The lowest BCUT2D eigenvalue weighted by Gasteiger charge is -2.15. The average molecular weight is 338 g/mol. The van der Waals surface area contributed by atoms with Gasteiger partial charge in [-0.3, -0.25) is 9.59 Å². The number of ether oxygens (including phenoxy) is 1. The Morgan fingerprint density at radius 2 is 1.83 bits per heavy atom. The molecule has 128 valence electrons. The van der Waals surface area contributed by atoms with Gasteiger partial charge < -0.3 is 15.8 Å². The van der Waals surface area contributed by atoms with E-state index < -0.39 is 5.91 Å². The van der Waals surface area contributed by atoms with E-state index in [9.17, 15) is 9.59 Å². The van der Waals surface area contributed by atoms with Gasteiger partial charge in [0.1, 0.15) is 5.75 Å². The van der Waals surface area contributed by atoms with Crippen LogP contribution in [-0.4, -0.2) is 29.9 Å². The summed E-state index contributed by atoms with van der Waals surface area (Å²) in [5, 5.41) is 2.89. The first-order valence-electron chi connectivity index (χ1n) is 7.76. The smallest absolute Gasteiger partial charge is 0.230 e. The molecule has 0 spiro atoms. The molecule has 0 heterocycles. The fraction of sp³-hybridized carbons (Fsp3) is 0.529. The van der Waals surface area contributed by atoms with Crippen LogP contribution in [0.2, 0.25) is 0 Å². The first kappa shape index (κ1) is 19.4. The van der Waals surface area contributed by atoms with E-state index in [0.717, 1.165) is 17.7 Å². The minimum absolute atomic E-state index is 0.0959. The maximum absolute atomic E-state index is 11.8. The van der Waals surface area contributed by atoms with E-state index in [1.54, 1.807) is 0 Å². The molecule has 0 aliphatic rings. The quantitative estimate of drug-likeness (QED) is 0.687. The van der Waals surface area contributed by atoms with Gasteiger partial charge in [-0.25, -0.2) is 0 Å². The Balaban J connectivity index is 2.39. The number of primary amides is 1. The lowest BCUT2D eigenvalue weighted by atomic mass is 10.1. The van der Waals surface area contributed by atoms with Gasteiger partial charge in [-0.15, -0.1) is 11.8 Å². The standard InChI is InChI=1S/C17H26N2O3S/c1-12(2)8-9-22-15-6-4-14(5-7-15)13(3)19-17(21)11-23-10-16(18)20/h4-7,12-13H,8-11H2,1-3H3,(H2,18,20)(H,19,21)/t13-/m1/s1. The Labute approximate surface area is 142 Å². The van der Waals surface area contributed by atoms with Crippen molar-refractivity contribution in [2.45, 2.75) is 33.2 Å². The minimum atomic E-state index is -0.413. The maximum atomic E-state index is 11.8. The molecule has 1 atom stereocenters. The van der Waals surface area contributed by atoms with Crippen LogP contribution in [-0.2, 0) is 9.59 Å². The second-order valence-electron chi connectivity index (χ2n) is 5.85. The Kier molecular flexibility index (Phi) is 8.55. The molecular weight excluding hydrogens is 312 g/mol. The van der Waals surface area contributed by atoms with Gasteiger partial charge in [-0.2, -0.15) is 0 Å². The molecule has 23 heavy (non-hydrogen) atoms. The maximum Gasteiger partial charge on any atom is 0.230 e. The van der Waals surface area contributed by atoms with Crippen molar-refractivity contribution in [3.8, 4) is 5.75 Å². The van der Waals surface area contributed by atoms with Crippen LogP contribution < -0.4 is 15.8 Å². The highest BCUT2D eigenvalue weighted by Crippen LogP contribution is 2.18. The van der Waals surface area contributed by atoms with Gasteiger partial charge in [0.25, 0.3) is 0 Å². The largest absolute Gasteiger partial charge is 0.494 e. The van der Waals surface area contributed by atoms with Crippen molar-refractivity contribution in [1.82, 2.24) is 5.32 Å². The molecule has 6 heteroatoms. The molecule has 0 fully saturated rings. The molecule has 0 unspecified atom stereocenters. The summed E-state index contributed by atoms with van der Waals surface area (Å²) < 4.78 is 5.67. The lowest BCUT2D eigenvalue weighted by molar-refractivity contribution is -0.119. The number of hydrogen-bond acceptors (Lipinski definition) is 4. The van der Waals surface area contributed by atoms with Gasteiger partial charge in [0.05, 0.1) is 24.2 Å². The van der Waals surface area contributed by atoms with Gasteiger partial charge in [0, 0.05) is 0 Å². The monoisotopic (exact) mass is 338 g/mol. The fourth-order valence-electron chi connectivity index (χ4n) is 1.88. The van der Waals surface area contributed by atoms with E-state index in [1.807, 2.05) is 31.2 Å². The zero-order valence-corrected chi connectivity index (χ0v) is 14.8. The third-order valence-electron chi connectivity index (χ3n) is 3.20. The molecule has 2 amide bonds. The van der Waals surface area contributed by atoms with E-state index >= 15 is 0 Å². The van der Waals surface area contributed by atoms with Crippen molar-refractivity contribution in [2.24, 2.45) is 11.7 Å². The number of rotatable bonds is 10. The molecule has 0 aliphatic carbocycles. The normalized spacial score (nSPS) is 12.0. The third kappa shape index (κ3) is 8.50. The van der Waals surface area contributed by atoms with Crippen LogP contribution in [0.25, 0.3) is 0 Å². The molecule has 5 nitrogen and oxygen atoms in total. The number of carbonyl (C=O) groups excluding carboxylic acids is 2. The number of benzene rings is 1. The Morgan fingerprint density at radius 3 is 2.39 bits per heavy atom. The average Bonchev–Trinajstić information content (AvgIpc) is 2.47. The second-order valence-corrected chi connectivity index (χ2v) is 6.83. The van der Waals surface area contributed by atoms with Crippen molar-refractivity contribution < 1.29 is 14.3 Å². The highest BCUT2D eigenvalue weighted by Gasteiger charge is 2.10. The first-order valence-corrected chi connectivity index (χ1v) is 8.92. The molecule has 0 aromatic heterocycles. The molecule has 0 bridgehead atoms. The molecule has 1 rings (SSSR count). The van der Waals surface area contributed by atoms with Gasteiger partial charge in [-0.05, 0) is 37.0 Å². The van der Waals surface area contributed by atoms with Gasteiger partial charge in [0.2, 0.25) is 11.8 Å². The number of carbonyl (C=O) groups is 2. The fourth-order valence-corrected chi connectivity index (χ4v) is 2.45. The summed E-state index contributed by atoms with van der Waals surface area (Å²) in [7, 11) is 0. The summed E-state index contributed by atoms with van der Waals surface area (Å²) in [4.78, 5) is 22.4.